The summed E-state index contributed by atoms with van der Waals surface area (Å²) in [6, 6.07) is 16.9. The maximum absolute atomic E-state index is 12.5. The van der Waals surface area contributed by atoms with Crippen LogP contribution in [-0.4, -0.2) is 47.7 Å². The second kappa shape index (κ2) is 8.63. The van der Waals surface area contributed by atoms with Gasteiger partial charge in [-0.2, -0.15) is 0 Å². The monoisotopic (exact) mass is 353 g/mol. The van der Waals surface area contributed by atoms with Crippen LogP contribution in [0, 0.1) is 0 Å². The van der Waals surface area contributed by atoms with E-state index in [4.69, 9.17) is 9.84 Å². The minimum absolute atomic E-state index is 0.0324. The Bertz CT molecular complexity index is 742. The van der Waals surface area contributed by atoms with Crippen LogP contribution in [0.3, 0.4) is 0 Å². The molecule has 3 rings (SSSR count). The Kier molecular flexibility index (Phi) is 6.02. The summed E-state index contributed by atoms with van der Waals surface area (Å²) in [7, 11) is 0. The molecule has 1 N–H and O–H groups in total. The van der Waals surface area contributed by atoms with Crippen molar-refractivity contribution in [1.82, 2.24) is 4.90 Å². The van der Waals surface area contributed by atoms with Crippen molar-refractivity contribution in [1.29, 1.82) is 0 Å². The number of morpholine rings is 1. The van der Waals surface area contributed by atoms with Crippen LogP contribution in [0.4, 0.5) is 0 Å². The molecular weight excluding hydrogens is 330 g/mol. The Morgan fingerprint density at radius 3 is 2.46 bits per heavy atom. The SMILES string of the molecule is O=C(O)c1ccc(CCC(=O)N2CCOC(Cc3ccccc3)C2)cc1. The normalized spacial score (nSPS) is 17.1. The van der Waals surface area contributed by atoms with Gasteiger partial charge in [0.2, 0.25) is 5.91 Å². The summed E-state index contributed by atoms with van der Waals surface area (Å²) in [5.74, 6) is -0.820. The number of aromatic carboxylic acids is 1. The van der Waals surface area contributed by atoms with Crippen LogP contribution in [-0.2, 0) is 22.4 Å². The van der Waals surface area contributed by atoms with Gasteiger partial charge in [0, 0.05) is 25.9 Å². The van der Waals surface area contributed by atoms with Crippen LogP contribution < -0.4 is 0 Å². The number of aryl methyl sites for hydroxylation is 1. The molecule has 0 radical (unpaired) electrons. The molecule has 2 aromatic rings. The lowest BCUT2D eigenvalue weighted by molar-refractivity contribution is -0.138. The van der Waals surface area contributed by atoms with E-state index in [1.165, 1.54) is 5.56 Å². The number of carbonyl (C=O) groups excluding carboxylic acids is 1. The van der Waals surface area contributed by atoms with E-state index in [-0.39, 0.29) is 17.6 Å². The zero-order valence-corrected chi connectivity index (χ0v) is 14.6. The highest BCUT2D eigenvalue weighted by atomic mass is 16.5. The fourth-order valence-electron chi connectivity index (χ4n) is 3.17. The largest absolute Gasteiger partial charge is 0.478 e. The second-order valence-corrected chi connectivity index (χ2v) is 6.52. The van der Waals surface area contributed by atoms with Crippen molar-refractivity contribution >= 4 is 11.9 Å². The number of hydrogen-bond donors (Lipinski definition) is 1. The number of benzene rings is 2. The minimum Gasteiger partial charge on any atom is -0.478 e. The summed E-state index contributed by atoms with van der Waals surface area (Å²) in [5, 5.41) is 8.92. The average Bonchev–Trinajstić information content (AvgIpc) is 2.67. The van der Waals surface area contributed by atoms with E-state index in [1.807, 2.05) is 23.1 Å². The van der Waals surface area contributed by atoms with Crippen LogP contribution >= 0.6 is 0 Å². The molecular formula is C21H23NO4. The topological polar surface area (TPSA) is 66.8 Å². The molecule has 136 valence electrons. The molecule has 1 heterocycles. The Morgan fingerprint density at radius 1 is 1.04 bits per heavy atom. The predicted octanol–water partition coefficient (Wildman–Crippen LogP) is 2.79. The third-order valence-electron chi connectivity index (χ3n) is 4.63. The number of ether oxygens (including phenoxy) is 1. The van der Waals surface area contributed by atoms with E-state index in [0.717, 1.165) is 12.0 Å². The van der Waals surface area contributed by atoms with Crippen molar-refractivity contribution in [3.05, 3.63) is 71.3 Å². The molecule has 0 aliphatic carbocycles. The highest BCUT2D eigenvalue weighted by molar-refractivity contribution is 5.87. The number of carbonyl (C=O) groups is 2. The summed E-state index contributed by atoms with van der Waals surface area (Å²) in [5.41, 5.74) is 2.44. The van der Waals surface area contributed by atoms with Gasteiger partial charge in [0.25, 0.3) is 0 Å². The van der Waals surface area contributed by atoms with Gasteiger partial charge in [-0.05, 0) is 29.7 Å². The highest BCUT2D eigenvalue weighted by Crippen LogP contribution is 2.14. The van der Waals surface area contributed by atoms with Gasteiger partial charge in [-0.25, -0.2) is 4.79 Å². The Hall–Kier alpha value is -2.66. The molecule has 0 spiro atoms. The highest BCUT2D eigenvalue weighted by Gasteiger charge is 2.24. The van der Waals surface area contributed by atoms with Gasteiger partial charge in [0.1, 0.15) is 0 Å². The first-order chi connectivity index (χ1) is 12.6. The van der Waals surface area contributed by atoms with Gasteiger partial charge in [-0.3, -0.25) is 4.79 Å². The number of rotatable bonds is 6. The first kappa shape index (κ1) is 18.1. The maximum atomic E-state index is 12.5. The molecule has 0 bridgehead atoms. The molecule has 5 nitrogen and oxygen atoms in total. The van der Waals surface area contributed by atoms with Crippen molar-refractivity contribution in [2.75, 3.05) is 19.7 Å². The van der Waals surface area contributed by atoms with Gasteiger partial charge in [0.05, 0.1) is 18.3 Å². The quantitative estimate of drug-likeness (QED) is 0.867. The first-order valence-electron chi connectivity index (χ1n) is 8.87. The number of amides is 1. The molecule has 1 saturated heterocycles. The lowest BCUT2D eigenvalue weighted by Gasteiger charge is -2.33. The maximum Gasteiger partial charge on any atom is 0.335 e. The Labute approximate surface area is 153 Å². The molecule has 5 heteroatoms. The standard InChI is InChI=1S/C21H23NO4/c23-20(11-8-16-6-9-18(10-7-16)21(24)25)22-12-13-26-19(15-22)14-17-4-2-1-3-5-17/h1-7,9-10,19H,8,11-15H2,(H,24,25). The van der Waals surface area contributed by atoms with Crippen molar-refractivity contribution in [3.63, 3.8) is 0 Å². The molecule has 0 aromatic heterocycles. The van der Waals surface area contributed by atoms with Gasteiger partial charge < -0.3 is 14.7 Å². The summed E-state index contributed by atoms with van der Waals surface area (Å²) < 4.78 is 5.81. The number of nitrogens with zero attached hydrogens (tertiary/aromatic N) is 1. The zero-order valence-electron chi connectivity index (χ0n) is 14.6. The molecule has 1 fully saturated rings. The lowest BCUT2D eigenvalue weighted by atomic mass is 10.0. The first-order valence-corrected chi connectivity index (χ1v) is 8.87. The zero-order chi connectivity index (χ0) is 18.4. The third kappa shape index (κ3) is 4.92. The molecule has 2 aromatic carbocycles. The summed E-state index contributed by atoms with van der Waals surface area (Å²) in [4.78, 5) is 25.3. The average molecular weight is 353 g/mol. The smallest absolute Gasteiger partial charge is 0.335 e. The van der Waals surface area contributed by atoms with Crippen LogP contribution in [0.2, 0.25) is 0 Å². The van der Waals surface area contributed by atoms with Crippen LogP contribution in [0.25, 0.3) is 0 Å². The summed E-state index contributed by atoms with van der Waals surface area (Å²) >= 11 is 0. The van der Waals surface area contributed by atoms with Crippen molar-refractivity contribution in [2.45, 2.75) is 25.4 Å². The van der Waals surface area contributed by atoms with Crippen LogP contribution in [0.15, 0.2) is 54.6 Å². The molecule has 26 heavy (non-hydrogen) atoms. The van der Waals surface area contributed by atoms with E-state index in [9.17, 15) is 9.59 Å². The minimum atomic E-state index is -0.939. The summed E-state index contributed by atoms with van der Waals surface area (Å²) in [6.07, 6.45) is 1.87. The number of hydrogen-bond acceptors (Lipinski definition) is 3. The van der Waals surface area contributed by atoms with Gasteiger partial charge in [-0.15, -0.1) is 0 Å². The van der Waals surface area contributed by atoms with Gasteiger partial charge in [-0.1, -0.05) is 42.5 Å². The molecule has 1 amide bonds. The van der Waals surface area contributed by atoms with E-state index >= 15 is 0 Å². The second-order valence-electron chi connectivity index (χ2n) is 6.52. The van der Waals surface area contributed by atoms with Crippen LogP contribution in [0.5, 0.6) is 0 Å². The number of carboxylic acids is 1. The molecule has 1 unspecified atom stereocenters. The van der Waals surface area contributed by atoms with Crippen LogP contribution in [0.1, 0.15) is 27.9 Å². The van der Waals surface area contributed by atoms with E-state index in [2.05, 4.69) is 12.1 Å². The number of carboxylic acid groups (broad SMARTS) is 1. The summed E-state index contributed by atoms with van der Waals surface area (Å²) in [6.45, 7) is 1.81. The fraction of sp³-hybridized carbons (Fsp3) is 0.333. The molecule has 1 aliphatic heterocycles. The lowest BCUT2D eigenvalue weighted by Crippen LogP contribution is -2.46. The Morgan fingerprint density at radius 2 is 1.77 bits per heavy atom. The van der Waals surface area contributed by atoms with Gasteiger partial charge >= 0.3 is 5.97 Å². The molecule has 1 aliphatic rings. The fourth-order valence-corrected chi connectivity index (χ4v) is 3.17. The third-order valence-corrected chi connectivity index (χ3v) is 4.63. The van der Waals surface area contributed by atoms with E-state index < -0.39 is 5.97 Å². The molecule has 0 saturated carbocycles. The van der Waals surface area contributed by atoms with Crippen molar-refractivity contribution in [2.24, 2.45) is 0 Å². The predicted molar refractivity (Wildman–Crippen MR) is 98.2 cm³/mol. The van der Waals surface area contributed by atoms with E-state index in [0.29, 0.717) is 32.5 Å². The van der Waals surface area contributed by atoms with Crippen molar-refractivity contribution in [3.8, 4) is 0 Å². The van der Waals surface area contributed by atoms with Crippen molar-refractivity contribution < 1.29 is 19.4 Å². The molecule has 1 atom stereocenters. The van der Waals surface area contributed by atoms with E-state index in [1.54, 1.807) is 24.3 Å². The van der Waals surface area contributed by atoms with Gasteiger partial charge in [0.15, 0.2) is 0 Å². The Balaban J connectivity index is 1.50.